The molecule has 0 saturated carbocycles. The van der Waals surface area contributed by atoms with Crippen molar-refractivity contribution in [3.8, 4) is 34.0 Å². The van der Waals surface area contributed by atoms with Gasteiger partial charge in [-0.05, 0) is 31.4 Å². The van der Waals surface area contributed by atoms with Crippen LogP contribution in [0.4, 0.5) is 5.69 Å². The number of carbonyl (C=O) groups is 1. The van der Waals surface area contributed by atoms with Gasteiger partial charge in [0.05, 0.1) is 54.1 Å². The molecule has 4 aromatic rings. The Bertz CT molecular complexity index is 1810. The minimum absolute atomic E-state index is 0.0498. The number of rotatable bonds is 11. The summed E-state index contributed by atoms with van der Waals surface area (Å²) in [5.41, 5.74) is 5.52. The van der Waals surface area contributed by atoms with Gasteiger partial charge in [0, 0.05) is 67.7 Å². The third kappa shape index (κ3) is 7.12. The minimum Gasteiger partial charge on any atom is -0.496 e. The van der Waals surface area contributed by atoms with E-state index in [0.717, 1.165) is 37.3 Å². The fourth-order valence-electron chi connectivity index (χ4n) is 6.37. The predicted molar refractivity (Wildman–Crippen MR) is 185 cm³/mol. The summed E-state index contributed by atoms with van der Waals surface area (Å²) in [4.78, 5) is 31.9. The van der Waals surface area contributed by atoms with Crippen LogP contribution in [-0.4, -0.2) is 94.5 Å². The van der Waals surface area contributed by atoms with Crippen LogP contribution >= 0.6 is 23.2 Å². The maximum absolute atomic E-state index is 13.5. The second kappa shape index (κ2) is 15.1. The summed E-state index contributed by atoms with van der Waals surface area (Å²) in [7, 11) is 3.14. The number of likely N-dealkylation sites (tertiary alicyclic amines) is 1. The number of hydrogen-bond donors (Lipinski definition) is 3. The number of fused-ring (bicyclic) bond motifs is 1. The minimum atomic E-state index is -0.433. The number of benzene rings is 2. The molecule has 2 aromatic carbocycles. The molecule has 2 aliphatic rings. The zero-order chi connectivity index (χ0) is 33.8. The highest BCUT2D eigenvalue weighted by atomic mass is 35.5. The third-order valence-electron chi connectivity index (χ3n) is 8.91. The lowest BCUT2D eigenvalue weighted by molar-refractivity contribution is 0.102. The van der Waals surface area contributed by atoms with Crippen LogP contribution in [0.2, 0.25) is 10.0 Å². The molecule has 2 aliphatic heterocycles. The van der Waals surface area contributed by atoms with Gasteiger partial charge in [-0.15, -0.1) is 0 Å². The van der Waals surface area contributed by atoms with Crippen LogP contribution in [0.1, 0.15) is 33.9 Å². The number of aliphatic hydroxyl groups is 2. The number of anilines is 1. The van der Waals surface area contributed by atoms with Gasteiger partial charge in [0.2, 0.25) is 5.88 Å². The number of nitrogens with zero attached hydrogens (tertiary/aromatic N) is 5. The largest absolute Gasteiger partial charge is 0.496 e. The van der Waals surface area contributed by atoms with E-state index >= 15 is 0 Å². The molecule has 1 fully saturated rings. The lowest BCUT2D eigenvalue weighted by Crippen LogP contribution is -2.34. The highest BCUT2D eigenvalue weighted by Crippen LogP contribution is 2.41. The van der Waals surface area contributed by atoms with Crippen molar-refractivity contribution in [1.82, 2.24) is 24.8 Å². The Balaban J connectivity index is 1.25. The van der Waals surface area contributed by atoms with Gasteiger partial charge in [-0.25, -0.2) is 9.97 Å². The van der Waals surface area contributed by atoms with Gasteiger partial charge in [0.25, 0.3) is 5.91 Å². The smallest absolute Gasteiger partial charge is 0.274 e. The first kappa shape index (κ1) is 34.0. The third-order valence-corrected chi connectivity index (χ3v) is 9.72. The van der Waals surface area contributed by atoms with Crippen molar-refractivity contribution in [3.05, 3.63) is 81.4 Å². The molecular weight excluding hydrogens is 655 g/mol. The van der Waals surface area contributed by atoms with Gasteiger partial charge in [-0.3, -0.25) is 19.6 Å². The number of hydrogen-bond acceptors (Lipinski definition) is 10. The van der Waals surface area contributed by atoms with Crippen LogP contribution in [0.3, 0.4) is 0 Å². The molecule has 48 heavy (non-hydrogen) atoms. The van der Waals surface area contributed by atoms with Gasteiger partial charge in [-0.2, -0.15) is 0 Å². The molecule has 1 atom stereocenters. The van der Waals surface area contributed by atoms with Gasteiger partial charge in [0.15, 0.2) is 0 Å². The van der Waals surface area contributed by atoms with Crippen molar-refractivity contribution >= 4 is 34.8 Å². The number of ether oxygens (including phenoxy) is 2. The molecule has 13 heteroatoms. The molecule has 6 rings (SSSR count). The molecule has 1 saturated heterocycles. The molecule has 0 bridgehead atoms. The fraction of sp³-hybridized carbons (Fsp3) is 0.371. The number of methoxy groups -OCH3 is 2. The lowest BCUT2D eigenvalue weighted by Gasteiger charge is -2.28. The molecule has 0 radical (unpaired) electrons. The monoisotopic (exact) mass is 692 g/mol. The van der Waals surface area contributed by atoms with Gasteiger partial charge in [-0.1, -0.05) is 53.5 Å². The summed E-state index contributed by atoms with van der Waals surface area (Å²) in [6, 6.07) is 12.6. The SMILES string of the molecule is COc1cc(C(=O)Nc2cccc(-c3cccc(-c4cnc(CN5CCC(CO)C5)c(OC)n4)c3Cl)c2Cl)nc2c1CCN(CCO)C2. The second-order valence-electron chi connectivity index (χ2n) is 12.0. The molecular formula is C35H38Cl2N6O5. The number of β-amino-alcohol motifs (C(OH)–C–C–N with tert-alkyl or cyclic N) is 1. The molecule has 2 aromatic heterocycles. The molecule has 252 valence electrons. The number of carbonyl (C=O) groups excluding carboxylic acids is 1. The van der Waals surface area contributed by atoms with Crippen molar-refractivity contribution in [2.24, 2.45) is 5.92 Å². The van der Waals surface area contributed by atoms with Crippen molar-refractivity contribution in [3.63, 3.8) is 0 Å². The van der Waals surface area contributed by atoms with E-state index in [9.17, 15) is 15.0 Å². The zero-order valence-electron chi connectivity index (χ0n) is 26.9. The summed E-state index contributed by atoms with van der Waals surface area (Å²) in [6.07, 6.45) is 3.35. The molecule has 1 unspecified atom stereocenters. The number of nitrogens with one attached hydrogen (secondary N) is 1. The Kier molecular flexibility index (Phi) is 10.7. The Morgan fingerprint density at radius 2 is 1.77 bits per heavy atom. The van der Waals surface area contributed by atoms with Gasteiger partial charge >= 0.3 is 0 Å². The van der Waals surface area contributed by atoms with E-state index < -0.39 is 5.91 Å². The normalized spacial score (nSPS) is 16.5. The molecule has 0 spiro atoms. The van der Waals surface area contributed by atoms with Crippen molar-refractivity contribution in [1.29, 1.82) is 0 Å². The second-order valence-corrected chi connectivity index (χ2v) is 12.7. The van der Waals surface area contributed by atoms with Gasteiger partial charge < -0.3 is 25.0 Å². The highest BCUT2D eigenvalue weighted by Gasteiger charge is 2.26. The molecule has 3 N–H and O–H groups in total. The van der Waals surface area contributed by atoms with E-state index in [-0.39, 0.29) is 24.8 Å². The van der Waals surface area contributed by atoms with Crippen LogP contribution in [0, 0.1) is 5.92 Å². The van der Waals surface area contributed by atoms with E-state index in [2.05, 4.69) is 25.1 Å². The zero-order valence-corrected chi connectivity index (χ0v) is 28.4. The standard InChI is InChI=1S/C35H38Cl2N6O5/c1-47-31-15-27(39-29-18-42(13-14-44)12-10-24(29)31)34(46)40-26-8-4-6-23(33(26)37)22-5-3-7-25(32(22)36)28-16-38-30(35(41-28)48-2)19-43-11-9-21(17-43)20-45/h3-8,15-16,21,44-45H,9-14,17-20H2,1-2H3,(H,40,46). The topological polar surface area (TPSA) is 133 Å². The summed E-state index contributed by atoms with van der Waals surface area (Å²) >= 11 is 13.9. The maximum atomic E-state index is 13.5. The highest BCUT2D eigenvalue weighted by molar-refractivity contribution is 6.39. The molecule has 0 aliphatic carbocycles. The van der Waals surface area contributed by atoms with E-state index in [1.54, 1.807) is 38.6 Å². The summed E-state index contributed by atoms with van der Waals surface area (Å²) in [6.45, 7) is 4.31. The van der Waals surface area contributed by atoms with Crippen molar-refractivity contribution in [2.45, 2.75) is 25.9 Å². The van der Waals surface area contributed by atoms with Crippen molar-refractivity contribution in [2.75, 3.05) is 58.9 Å². The Hall–Kier alpha value is -3.84. The molecule has 11 nitrogen and oxygen atoms in total. The summed E-state index contributed by atoms with van der Waals surface area (Å²) < 4.78 is 11.2. The first-order valence-electron chi connectivity index (χ1n) is 15.9. The van der Waals surface area contributed by atoms with E-state index in [1.165, 1.54) is 0 Å². The summed E-state index contributed by atoms with van der Waals surface area (Å²) in [5, 5.41) is 22.5. The van der Waals surface area contributed by atoms with E-state index in [4.69, 9.17) is 37.7 Å². The fourth-order valence-corrected chi connectivity index (χ4v) is 6.96. The van der Waals surface area contributed by atoms with Crippen LogP contribution in [0.15, 0.2) is 48.7 Å². The first-order valence-corrected chi connectivity index (χ1v) is 16.6. The molecule has 1 amide bonds. The summed E-state index contributed by atoms with van der Waals surface area (Å²) in [5.74, 6) is 0.864. The Morgan fingerprint density at radius 3 is 2.50 bits per heavy atom. The van der Waals surface area contributed by atoms with E-state index in [1.807, 2.05) is 24.3 Å². The lowest BCUT2D eigenvalue weighted by atomic mass is 10.0. The average molecular weight is 694 g/mol. The number of aromatic nitrogens is 3. The average Bonchev–Trinajstić information content (AvgIpc) is 3.56. The Morgan fingerprint density at radius 1 is 1.00 bits per heavy atom. The van der Waals surface area contributed by atoms with Crippen LogP contribution in [0.5, 0.6) is 11.6 Å². The van der Waals surface area contributed by atoms with Crippen LogP contribution in [-0.2, 0) is 19.5 Å². The number of amides is 1. The first-order chi connectivity index (χ1) is 23.3. The van der Waals surface area contributed by atoms with Crippen LogP contribution in [0.25, 0.3) is 22.4 Å². The number of pyridine rings is 1. The predicted octanol–water partition coefficient (Wildman–Crippen LogP) is 4.95. The molecule has 4 heterocycles. The van der Waals surface area contributed by atoms with E-state index in [0.29, 0.717) is 81.5 Å². The number of halogens is 2. The quantitative estimate of drug-likeness (QED) is 0.198. The Labute approximate surface area is 289 Å². The van der Waals surface area contributed by atoms with Gasteiger partial charge in [0.1, 0.15) is 17.1 Å². The van der Waals surface area contributed by atoms with Crippen molar-refractivity contribution < 1.29 is 24.5 Å². The maximum Gasteiger partial charge on any atom is 0.274 e. The number of aliphatic hydroxyl groups excluding tert-OH is 2. The van der Waals surface area contributed by atoms with Crippen LogP contribution < -0.4 is 14.8 Å².